The lowest BCUT2D eigenvalue weighted by Crippen LogP contribution is -2.52. The number of rotatable bonds is 3. The molecule has 1 aromatic carbocycles. The van der Waals surface area contributed by atoms with E-state index in [0.29, 0.717) is 36.4 Å². The maximum atomic E-state index is 13.0. The normalized spacial score (nSPS) is 22.9. The number of nitrogens with zero attached hydrogens (tertiary/aromatic N) is 3. The summed E-state index contributed by atoms with van der Waals surface area (Å²) in [4.78, 5) is 14.8. The van der Waals surface area contributed by atoms with Gasteiger partial charge in [-0.15, -0.1) is 10.2 Å². The van der Waals surface area contributed by atoms with Gasteiger partial charge in [-0.1, -0.05) is 26.0 Å². The van der Waals surface area contributed by atoms with Crippen LogP contribution in [0.25, 0.3) is 0 Å². The summed E-state index contributed by atoms with van der Waals surface area (Å²) in [6.45, 7) is 7.24. The summed E-state index contributed by atoms with van der Waals surface area (Å²) in [6.07, 6.45) is 0.677. The van der Waals surface area contributed by atoms with Crippen LogP contribution in [0.2, 0.25) is 0 Å². The first-order valence-electron chi connectivity index (χ1n) is 9.57. The first-order chi connectivity index (χ1) is 13.0. The molecule has 4 rings (SSSR count). The van der Waals surface area contributed by atoms with Crippen molar-refractivity contribution in [3.63, 3.8) is 0 Å². The largest absolute Gasteiger partial charge is 0.482 e. The van der Waals surface area contributed by atoms with Crippen LogP contribution in [-0.4, -0.2) is 46.3 Å². The van der Waals surface area contributed by atoms with Crippen molar-refractivity contribution in [3.05, 3.63) is 36.0 Å². The highest BCUT2D eigenvalue weighted by Crippen LogP contribution is 2.35. The summed E-state index contributed by atoms with van der Waals surface area (Å²) in [5, 5.41) is 8.31. The number of hydrogen-bond acceptors (Lipinski definition) is 6. The van der Waals surface area contributed by atoms with E-state index in [1.807, 2.05) is 49.9 Å². The minimum absolute atomic E-state index is 0.0242. The van der Waals surface area contributed by atoms with Crippen molar-refractivity contribution >= 4 is 5.91 Å². The molecule has 0 aliphatic carbocycles. The standard InChI is InChI=1S/C20H25N3O4/c1-12(2)18-21-22-19(27-18)14-8-10-23(11-9-14)20(24)17-13(3)25-15-6-4-5-7-16(15)26-17/h4-7,12-14,17H,8-11H2,1-3H3. The summed E-state index contributed by atoms with van der Waals surface area (Å²) in [5.74, 6) is 3.07. The number of amides is 1. The molecule has 2 aromatic rings. The zero-order chi connectivity index (χ0) is 19.0. The first kappa shape index (κ1) is 17.8. The van der Waals surface area contributed by atoms with E-state index in [0.717, 1.165) is 12.8 Å². The second kappa shape index (κ2) is 7.21. The van der Waals surface area contributed by atoms with Gasteiger partial charge >= 0.3 is 0 Å². The second-order valence-corrected chi connectivity index (χ2v) is 7.54. The first-order valence-corrected chi connectivity index (χ1v) is 9.57. The van der Waals surface area contributed by atoms with E-state index in [-0.39, 0.29) is 23.8 Å². The molecule has 1 amide bonds. The van der Waals surface area contributed by atoms with Gasteiger partial charge in [0, 0.05) is 24.9 Å². The maximum absolute atomic E-state index is 13.0. The van der Waals surface area contributed by atoms with Gasteiger partial charge in [-0.05, 0) is 31.9 Å². The van der Waals surface area contributed by atoms with Crippen LogP contribution in [0.1, 0.15) is 57.2 Å². The van der Waals surface area contributed by atoms with E-state index in [1.165, 1.54) is 0 Å². The molecule has 2 aliphatic rings. The lowest BCUT2D eigenvalue weighted by molar-refractivity contribution is -0.145. The SMILES string of the molecule is CC(C)c1nnc(C2CCN(C(=O)C3Oc4ccccc4OC3C)CC2)o1. The molecule has 0 N–H and O–H groups in total. The highest BCUT2D eigenvalue weighted by Gasteiger charge is 2.38. The Balaban J connectivity index is 1.38. The summed E-state index contributed by atoms with van der Waals surface area (Å²) in [7, 11) is 0. The van der Waals surface area contributed by atoms with E-state index in [4.69, 9.17) is 13.9 Å². The summed E-state index contributed by atoms with van der Waals surface area (Å²) in [5.41, 5.74) is 0. The molecule has 1 aromatic heterocycles. The monoisotopic (exact) mass is 371 g/mol. The lowest BCUT2D eigenvalue weighted by Gasteiger charge is -2.37. The summed E-state index contributed by atoms with van der Waals surface area (Å²) < 4.78 is 17.6. The predicted molar refractivity (Wildman–Crippen MR) is 97.9 cm³/mol. The smallest absolute Gasteiger partial charge is 0.267 e. The molecule has 0 bridgehead atoms. The fraction of sp³-hybridized carbons (Fsp3) is 0.550. The van der Waals surface area contributed by atoms with Crippen molar-refractivity contribution in [2.75, 3.05) is 13.1 Å². The molecule has 3 heterocycles. The molecule has 0 radical (unpaired) electrons. The molecule has 1 saturated heterocycles. The topological polar surface area (TPSA) is 77.7 Å². The van der Waals surface area contributed by atoms with E-state index < -0.39 is 6.10 Å². The number of carbonyl (C=O) groups excluding carboxylic acids is 1. The van der Waals surface area contributed by atoms with Crippen LogP contribution in [0.4, 0.5) is 0 Å². The number of carbonyl (C=O) groups is 1. The average molecular weight is 371 g/mol. The third-order valence-corrected chi connectivity index (χ3v) is 5.19. The van der Waals surface area contributed by atoms with Gasteiger partial charge in [0.25, 0.3) is 5.91 Å². The van der Waals surface area contributed by atoms with Crippen molar-refractivity contribution in [2.24, 2.45) is 0 Å². The number of fused-ring (bicyclic) bond motifs is 1. The minimum atomic E-state index is -0.618. The van der Waals surface area contributed by atoms with E-state index in [9.17, 15) is 4.79 Å². The zero-order valence-corrected chi connectivity index (χ0v) is 15.9. The number of hydrogen-bond donors (Lipinski definition) is 0. The number of likely N-dealkylation sites (tertiary alicyclic amines) is 1. The lowest BCUT2D eigenvalue weighted by atomic mass is 9.96. The summed E-state index contributed by atoms with van der Waals surface area (Å²) >= 11 is 0. The van der Waals surface area contributed by atoms with Crippen molar-refractivity contribution in [1.82, 2.24) is 15.1 Å². The molecular weight excluding hydrogens is 346 g/mol. The molecule has 144 valence electrons. The fourth-order valence-corrected chi connectivity index (χ4v) is 3.56. The summed E-state index contributed by atoms with van der Waals surface area (Å²) in [6, 6.07) is 7.45. The molecule has 7 heteroatoms. The Bertz CT molecular complexity index is 811. The quantitative estimate of drug-likeness (QED) is 0.825. The maximum Gasteiger partial charge on any atom is 0.267 e. The fourth-order valence-electron chi connectivity index (χ4n) is 3.56. The average Bonchev–Trinajstić information content (AvgIpc) is 3.17. The van der Waals surface area contributed by atoms with Gasteiger partial charge in [-0.3, -0.25) is 4.79 Å². The van der Waals surface area contributed by atoms with Crippen molar-refractivity contribution in [1.29, 1.82) is 0 Å². The highest BCUT2D eigenvalue weighted by molar-refractivity contribution is 5.82. The Kier molecular flexibility index (Phi) is 4.76. The number of para-hydroxylation sites is 2. The number of ether oxygens (including phenoxy) is 2. The number of piperidine rings is 1. The van der Waals surface area contributed by atoms with Crippen molar-refractivity contribution < 1.29 is 18.7 Å². The molecule has 0 saturated carbocycles. The predicted octanol–water partition coefficient (Wildman–Crippen LogP) is 3.13. The van der Waals surface area contributed by atoms with Gasteiger partial charge in [0.15, 0.2) is 11.5 Å². The van der Waals surface area contributed by atoms with Crippen LogP contribution in [0.15, 0.2) is 28.7 Å². The second-order valence-electron chi connectivity index (χ2n) is 7.54. The molecule has 2 unspecified atom stereocenters. The van der Waals surface area contributed by atoms with Gasteiger partial charge in [-0.25, -0.2) is 0 Å². The Morgan fingerprint density at radius 1 is 1.11 bits per heavy atom. The third kappa shape index (κ3) is 3.50. The van der Waals surface area contributed by atoms with Crippen LogP contribution in [0.3, 0.4) is 0 Å². The van der Waals surface area contributed by atoms with E-state index >= 15 is 0 Å². The van der Waals surface area contributed by atoms with Gasteiger partial charge in [0.1, 0.15) is 6.10 Å². The molecule has 7 nitrogen and oxygen atoms in total. The van der Waals surface area contributed by atoms with E-state index in [1.54, 1.807) is 0 Å². The molecule has 2 aliphatic heterocycles. The Hall–Kier alpha value is -2.57. The van der Waals surface area contributed by atoms with Gasteiger partial charge in [0.2, 0.25) is 17.9 Å². The Morgan fingerprint density at radius 2 is 1.78 bits per heavy atom. The molecular formula is C20H25N3O4. The third-order valence-electron chi connectivity index (χ3n) is 5.19. The minimum Gasteiger partial charge on any atom is -0.482 e. The molecule has 2 atom stereocenters. The van der Waals surface area contributed by atoms with Crippen LogP contribution in [0, 0.1) is 0 Å². The van der Waals surface area contributed by atoms with Gasteiger partial charge in [0.05, 0.1) is 0 Å². The van der Waals surface area contributed by atoms with Crippen molar-refractivity contribution in [3.8, 4) is 11.5 Å². The van der Waals surface area contributed by atoms with Crippen LogP contribution >= 0.6 is 0 Å². The van der Waals surface area contributed by atoms with Crippen molar-refractivity contribution in [2.45, 2.75) is 57.7 Å². The van der Waals surface area contributed by atoms with E-state index in [2.05, 4.69) is 10.2 Å². The molecule has 1 fully saturated rings. The highest BCUT2D eigenvalue weighted by atomic mass is 16.6. The molecule has 27 heavy (non-hydrogen) atoms. The zero-order valence-electron chi connectivity index (χ0n) is 15.9. The Labute approximate surface area is 158 Å². The van der Waals surface area contributed by atoms with Crippen LogP contribution < -0.4 is 9.47 Å². The number of benzene rings is 1. The van der Waals surface area contributed by atoms with Gasteiger partial charge in [-0.2, -0.15) is 0 Å². The molecule has 0 spiro atoms. The van der Waals surface area contributed by atoms with Crippen LogP contribution in [0.5, 0.6) is 11.5 Å². The van der Waals surface area contributed by atoms with Crippen LogP contribution in [-0.2, 0) is 4.79 Å². The number of aromatic nitrogens is 2. The van der Waals surface area contributed by atoms with Gasteiger partial charge < -0.3 is 18.8 Å². The Morgan fingerprint density at radius 3 is 2.41 bits per heavy atom.